The maximum Gasteiger partial charge on any atom is 0.573 e. The molecule has 2 aromatic carbocycles. The summed E-state index contributed by atoms with van der Waals surface area (Å²) in [5.74, 6) is -6.79. The monoisotopic (exact) mass is 472 g/mol. The molecule has 0 radical (unpaired) electrons. The van der Waals surface area contributed by atoms with Crippen LogP contribution in [0.3, 0.4) is 0 Å². The first kappa shape index (κ1) is 24.3. The average molecular weight is 472 g/mol. The molecule has 33 heavy (non-hydrogen) atoms. The maximum atomic E-state index is 14.0. The molecule has 1 fully saturated rings. The Hall–Kier alpha value is -3.37. The van der Waals surface area contributed by atoms with Gasteiger partial charge in [-0.05, 0) is 36.2 Å². The second kappa shape index (κ2) is 9.63. The number of halogens is 5. The fraction of sp³-hybridized carbons (Fsp3) is 0.364. The molecule has 1 aliphatic heterocycles. The highest BCUT2D eigenvalue weighted by Gasteiger charge is 2.45. The van der Waals surface area contributed by atoms with Crippen molar-refractivity contribution in [1.82, 2.24) is 4.90 Å². The number of ether oxygens (including phenoxy) is 2. The standard InChI is InChI=1S/C22H21F5N2O4/c1-3-7-32-13-8-12(9-14(10-13)33-22(25,26)27)15-11-29(2)21(31)18(15)20(30)28-17-6-4-5-16(23)19(17)24/h4-6,8-10,15,18H,3,7,11H2,1-2H3,(H,28,30). The zero-order valence-corrected chi connectivity index (χ0v) is 17.7. The number of carbonyl (C=O) groups excluding carboxylic acids is 2. The Morgan fingerprint density at radius 2 is 1.88 bits per heavy atom. The highest BCUT2D eigenvalue weighted by molar-refractivity contribution is 6.08. The number of likely N-dealkylation sites (tertiary alicyclic amines) is 1. The number of nitrogens with one attached hydrogen (secondary N) is 1. The second-order valence-corrected chi connectivity index (χ2v) is 7.53. The van der Waals surface area contributed by atoms with E-state index in [0.717, 1.165) is 24.3 Å². The molecule has 6 nitrogen and oxygen atoms in total. The first-order valence-corrected chi connectivity index (χ1v) is 10.0. The fourth-order valence-corrected chi connectivity index (χ4v) is 3.61. The molecule has 1 heterocycles. The molecule has 178 valence electrons. The number of likely N-dealkylation sites (N-methyl/N-ethyl adjacent to an activating group) is 1. The van der Waals surface area contributed by atoms with E-state index in [0.29, 0.717) is 6.42 Å². The normalized spacial score (nSPS) is 18.4. The van der Waals surface area contributed by atoms with Gasteiger partial charge in [-0.2, -0.15) is 0 Å². The number of amides is 2. The van der Waals surface area contributed by atoms with Crippen molar-refractivity contribution in [3.8, 4) is 11.5 Å². The van der Waals surface area contributed by atoms with Gasteiger partial charge in [0.15, 0.2) is 11.6 Å². The first-order valence-electron chi connectivity index (χ1n) is 10.0. The van der Waals surface area contributed by atoms with E-state index in [2.05, 4.69) is 10.1 Å². The van der Waals surface area contributed by atoms with Crippen molar-refractivity contribution in [1.29, 1.82) is 0 Å². The van der Waals surface area contributed by atoms with Gasteiger partial charge in [-0.1, -0.05) is 13.0 Å². The zero-order valence-electron chi connectivity index (χ0n) is 17.7. The van der Waals surface area contributed by atoms with E-state index in [9.17, 15) is 31.5 Å². The lowest BCUT2D eigenvalue weighted by Crippen LogP contribution is -2.33. The smallest absolute Gasteiger partial charge is 0.493 e. The van der Waals surface area contributed by atoms with Crippen LogP contribution in [0.1, 0.15) is 24.8 Å². The Kier molecular flexibility index (Phi) is 7.09. The molecule has 1 aliphatic rings. The summed E-state index contributed by atoms with van der Waals surface area (Å²) in [6.45, 7) is 2.04. The van der Waals surface area contributed by atoms with Gasteiger partial charge in [0.1, 0.15) is 17.4 Å². The van der Waals surface area contributed by atoms with Crippen molar-refractivity contribution in [2.24, 2.45) is 5.92 Å². The SMILES string of the molecule is CCCOc1cc(OC(F)(F)F)cc(C2CN(C)C(=O)C2C(=O)Nc2cccc(F)c2F)c1. The minimum absolute atomic E-state index is 0.00520. The van der Waals surface area contributed by atoms with Gasteiger partial charge in [0.25, 0.3) is 0 Å². The van der Waals surface area contributed by atoms with Crippen LogP contribution in [-0.4, -0.2) is 43.3 Å². The zero-order chi connectivity index (χ0) is 24.3. The number of alkyl halides is 3. The van der Waals surface area contributed by atoms with E-state index in [1.807, 2.05) is 6.92 Å². The quantitative estimate of drug-likeness (QED) is 0.477. The summed E-state index contributed by atoms with van der Waals surface area (Å²) < 4.78 is 75.4. The number of rotatable bonds is 7. The van der Waals surface area contributed by atoms with Gasteiger partial charge >= 0.3 is 6.36 Å². The number of anilines is 1. The van der Waals surface area contributed by atoms with Gasteiger partial charge in [0, 0.05) is 25.6 Å². The molecule has 2 amide bonds. The van der Waals surface area contributed by atoms with E-state index >= 15 is 0 Å². The molecule has 0 aromatic heterocycles. The second-order valence-electron chi connectivity index (χ2n) is 7.53. The van der Waals surface area contributed by atoms with E-state index in [1.165, 1.54) is 24.1 Å². The Morgan fingerprint density at radius 3 is 2.55 bits per heavy atom. The number of benzene rings is 2. The Labute approximate surface area is 186 Å². The largest absolute Gasteiger partial charge is 0.573 e. The molecule has 11 heteroatoms. The Morgan fingerprint density at radius 1 is 1.18 bits per heavy atom. The molecule has 0 spiro atoms. The molecule has 1 N–H and O–H groups in total. The summed E-state index contributed by atoms with van der Waals surface area (Å²) >= 11 is 0. The molecule has 2 unspecified atom stereocenters. The van der Waals surface area contributed by atoms with Crippen LogP contribution < -0.4 is 14.8 Å². The minimum atomic E-state index is -4.96. The third-order valence-corrected chi connectivity index (χ3v) is 5.04. The molecule has 0 saturated carbocycles. The van der Waals surface area contributed by atoms with Crippen molar-refractivity contribution in [3.63, 3.8) is 0 Å². The summed E-state index contributed by atoms with van der Waals surface area (Å²) in [5, 5.41) is 2.20. The Bertz CT molecular complexity index is 1040. The third-order valence-electron chi connectivity index (χ3n) is 5.04. The van der Waals surface area contributed by atoms with Crippen LogP contribution >= 0.6 is 0 Å². The lowest BCUT2D eigenvalue weighted by atomic mass is 9.87. The molecular weight excluding hydrogens is 451 g/mol. The van der Waals surface area contributed by atoms with Crippen LogP contribution in [0, 0.1) is 17.6 Å². The molecule has 2 atom stereocenters. The maximum absolute atomic E-state index is 14.0. The number of hydrogen-bond acceptors (Lipinski definition) is 4. The van der Waals surface area contributed by atoms with Gasteiger partial charge in [-0.3, -0.25) is 9.59 Å². The minimum Gasteiger partial charge on any atom is -0.493 e. The van der Waals surface area contributed by atoms with Gasteiger partial charge in [0.05, 0.1) is 12.3 Å². The van der Waals surface area contributed by atoms with Gasteiger partial charge in [-0.15, -0.1) is 13.2 Å². The van der Waals surface area contributed by atoms with Crippen molar-refractivity contribution >= 4 is 17.5 Å². The van der Waals surface area contributed by atoms with E-state index < -0.39 is 53.1 Å². The summed E-state index contributed by atoms with van der Waals surface area (Å²) in [4.78, 5) is 26.8. The van der Waals surface area contributed by atoms with E-state index in [1.54, 1.807) is 0 Å². The first-order chi connectivity index (χ1) is 15.5. The predicted octanol–water partition coefficient (Wildman–Crippen LogP) is 4.46. The summed E-state index contributed by atoms with van der Waals surface area (Å²) in [7, 11) is 1.43. The van der Waals surface area contributed by atoms with Crippen LogP contribution in [0.4, 0.5) is 27.6 Å². The van der Waals surface area contributed by atoms with Crippen molar-refractivity contribution < 1.29 is 41.0 Å². The van der Waals surface area contributed by atoms with Crippen molar-refractivity contribution in [2.75, 3.05) is 25.5 Å². The van der Waals surface area contributed by atoms with Crippen LogP contribution in [-0.2, 0) is 9.59 Å². The Balaban J connectivity index is 1.96. The van der Waals surface area contributed by atoms with Crippen LogP contribution in [0.15, 0.2) is 36.4 Å². The molecule has 1 saturated heterocycles. The summed E-state index contributed by atoms with van der Waals surface area (Å²) in [6, 6.07) is 6.74. The third kappa shape index (κ3) is 5.71. The predicted molar refractivity (Wildman–Crippen MR) is 108 cm³/mol. The van der Waals surface area contributed by atoms with Crippen LogP contribution in [0.25, 0.3) is 0 Å². The van der Waals surface area contributed by atoms with Crippen molar-refractivity contribution in [3.05, 3.63) is 53.6 Å². The van der Waals surface area contributed by atoms with E-state index in [-0.39, 0.29) is 24.5 Å². The average Bonchev–Trinajstić information content (AvgIpc) is 3.03. The highest BCUT2D eigenvalue weighted by atomic mass is 19.4. The van der Waals surface area contributed by atoms with Crippen molar-refractivity contribution in [2.45, 2.75) is 25.6 Å². The molecule has 2 aromatic rings. The lowest BCUT2D eigenvalue weighted by Gasteiger charge is -2.20. The summed E-state index contributed by atoms with van der Waals surface area (Å²) in [5.41, 5.74) is -0.261. The van der Waals surface area contributed by atoms with Gasteiger partial charge < -0.3 is 19.7 Å². The molecule has 3 rings (SSSR count). The van der Waals surface area contributed by atoms with E-state index in [4.69, 9.17) is 4.74 Å². The molecular formula is C22H21F5N2O4. The number of hydrogen-bond donors (Lipinski definition) is 1. The van der Waals surface area contributed by atoms with Gasteiger partial charge in [0.2, 0.25) is 11.8 Å². The van der Waals surface area contributed by atoms with Crippen LogP contribution in [0.2, 0.25) is 0 Å². The van der Waals surface area contributed by atoms with Crippen LogP contribution in [0.5, 0.6) is 11.5 Å². The lowest BCUT2D eigenvalue weighted by molar-refractivity contribution is -0.274. The van der Waals surface area contributed by atoms with Gasteiger partial charge in [-0.25, -0.2) is 8.78 Å². The highest BCUT2D eigenvalue weighted by Crippen LogP contribution is 2.38. The fourth-order valence-electron chi connectivity index (χ4n) is 3.61. The number of nitrogens with zero attached hydrogens (tertiary/aromatic N) is 1. The molecule has 0 aliphatic carbocycles. The topological polar surface area (TPSA) is 67.9 Å². The molecule has 0 bridgehead atoms. The summed E-state index contributed by atoms with van der Waals surface area (Å²) in [6.07, 6.45) is -4.37. The number of carbonyl (C=O) groups is 2.